The van der Waals surface area contributed by atoms with E-state index in [1.807, 2.05) is 36.4 Å². The summed E-state index contributed by atoms with van der Waals surface area (Å²) in [7, 11) is -4.88. The van der Waals surface area contributed by atoms with Gasteiger partial charge in [0.05, 0.1) is 27.0 Å². The van der Waals surface area contributed by atoms with Gasteiger partial charge >= 0.3 is 0 Å². The maximum absolute atomic E-state index is 13.0. The first kappa shape index (κ1) is 17.7. The lowest BCUT2D eigenvalue weighted by molar-refractivity contribution is 0.589. The van der Waals surface area contributed by atoms with E-state index in [1.54, 1.807) is 54.7 Å². The second kappa shape index (κ2) is 7.13. The summed E-state index contributed by atoms with van der Waals surface area (Å²) in [5.74, 6) is 0.330. The third-order valence-corrected chi connectivity index (χ3v) is 7.46. The highest BCUT2D eigenvalue weighted by Gasteiger charge is 2.19. The van der Waals surface area contributed by atoms with Gasteiger partial charge in [0, 0.05) is 16.5 Å². The molecule has 0 aliphatic rings. The Morgan fingerprint density at radius 3 is 2.15 bits per heavy atom. The molecule has 1 atom stereocenters. The van der Waals surface area contributed by atoms with E-state index in [0.717, 1.165) is 15.8 Å². The van der Waals surface area contributed by atoms with Gasteiger partial charge in [-0.2, -0.15) is 0 Å². The molecular weight excluding hydrogens is 378 g/mol. The second-order valence-electron chi connectivity index (χ2n) is 6.08. The summed E-state index contributed by atoms with van der Waals surface area (Å²) in [6.45, 7) is 0. The van der Waals surface area contributed by atoms with E-state index >= 15 is 0 Å². The number of aromatic nitrogens is 1. The van der Waals surface area contributed by atoms with Crippen molar-refractivity contribution in [2.24, 2.45) is 0 Å². The molecule has 3 aromatic carbocycles. The van der Waals surface area contributed by atoms with Gasteiger partial charge < -0.3 is 0 Å². The molecule has 0 saturated heterocycles. The van der Waals surface area contributed by atoms with E-state index in [0.29, 0.717) is 11.3 Å². The lowest BCUT2D eigenvalue weighted by Crippen LogP contribution is -2.11. The molecule has 6 heteroatoms. The summed E-state index contributed by atoms with van der Waals surface area (Å²) < 4.78 is 39.9. The quantitative estimate of drug-likeness (QED) is 0.509. The van der Waals surface area contributed by atoms with Gasteiger partial charge in [-0.1, -0.05) is 48.5 Å². The molecule has 0 aliphatic carbocycles. The average Bonchev–Trinajstić information content (AvgIpc) is 3.15. The number of fused-ring (bicyclic) bond motifs is 1. The minimum Gasteiger partial charge on any atom is -0.254 e. The summed E-state index contributed by atoms with van der Waals surface area (Å²) in [4.78, 5) is 0.992. The summed E-state index contributed by atoms with van der Waals surface area (Å²) in [5.41, 5.74) is 1.44. The van der Waals surface area contributed by atoms with E-state index in [2.05, 4.69) is 0 Å². The van der Waals surface area contributed by atoms with Gasteiger partial charge in [0.2, 0.25) is 0 Å². The van der Waals surface area contributed by atoms with Crippen LogP contribution >= 0.6 is 0 Å². The van der Waals surface area contributed by atoms with Crippen LogP contribution in [0, 0.1) is 0 Å². The van der Waals surface area contributed by atoms with E-state index in [9.17, 15) is 12.6 Å². The van der Waals surface area contributed by atoms with Crippen molar-refractivity contribution in [1.29, 1.82) is 0 Å². The first-order chi connectivity index (χ1) is 13.1. The number of hydrogen-bond donors (Lipinski definition) is 0. The van der Waals surface area contributed by atoms with Gasteiger partial charge in [-0.05, 0) is 42.0 Å². The van der Waals surface area contributed by atoms with Crippen LogP contribution in [0.5, 0.6) is 0 Å². The molecule has 4 aromatic rings. The molecule has 0 saturated carbocycles. The standard InChI is InChI=1S/C21H17NO3S2/c23-26(18-9-3-1-4-10-18)16-17-8-7-13-21-20(17)14-15-22(21)27(24,25)19-11-5-2-6-12-19/h1-15H,16H2. The fourth-order valence-corrected chi connectivity index (χ4v) is 5.57. The van der Waals surface area contributed by atoms with Crippen LogP contribution in [0.3, 0.4) is 0 Å². The monoisotopic (exact) mass is 395 g/mol. The number of benzene rings is 3. The SMILES string of the molecule is O=S(Cc1cccc2c1ccn2S(=O)(=O)c1ccccc1)c1ccccc1. The zero-order valence-electron chi connectivity index (χ0n) is 14.4. The Bertz CT molecular complexity index is 1210. The number of hydrogen-bond acceptors (Lipinski definition) is 3. The molecule has 136 valence electrons. The maximum Gasteiger partial charge on any atom is 0.268 e. The van der Waals surface area contributed by atoms with E-state index < -0.39 is 20.8 Å². The van der Waals surface area contributed by atoms with Crippen LogP contribution in [0.15, 0.2) is 101 Å². The van der Waals surface area contributed by atoms with Crippen LogP contribution < -0.4 is 0 Å². The van der Waals surface area contributed by atoms with E-state index in [-0.39, 0.29) is 4.90 Å². The highest BCUT2D eigenvalue weighted by atomic mass is 32.2. The van der Waals surface area contributed by atoms with Gasteiger partial charge in [0.1, 0.15) is 0 Å². The number of nitrogens with zero attached hydrogens (tertiary/aromatic N) is 1. The van der Waals surface area contributed by atoms with Gasteiger partial charge in [-0.25, -0.2) is 12.4 Å². The lowest BCUT2D eigenvalue weighted by atomic mass is 10.1. The molecule has 1 aromatic heterocycles. The zero-order valence-corrected chi connectivity index (χ0v) is 16.0. The lowest BCUT2D eigenvalue weighted by Gasteiger charge is -2.09. The van der Waals surface area contributed by atoms with Crippen LogP contribution in [0.4, 0.5) is 0 Å². The fraction of sp³-hybridized carbons (Fsp3) is 0.0476. The molecule has 1 unspecified atom stereocenters. The Morgan fingerprint density at radius 2 is 1.44 bits per heavy atom. The van der Waals surface area contributed by atoms with Crippen molar-refractivity contribution in [3.63, 3.8) is 0 Å². The van der Waals surface area contributed by atoms with Crippen molar-refractivity contribution in [2.45, 2.75) is 15.5 Å². The summed E-state index contributed by atoms with van der Waals surface area (Å²) in [6.07, 6.45) is 1.56. The fourth-order valence-electron chi connectivity index (χ4n) is 3.04. The molecule has 0 bridgehead atoms. The van der Waals surface area contributed by atoms with Crippen LogP contribution in [0.25, 0.3) is 10.9 Å². The molecule has 0 fully saturated rings. The highest BCUT2D eigenvalue weighted by molar-refractivity contribution is 7.90. The highest BCUT2D eigenvalue weighted by Crippen LogP contribution is 2.26. The minimum absolute atomic E-state index is 0.237. The maximum atomic E-state index is 13.0. The summed E-state index contributed by atoms with van der Waals surface area (Å²) >= 11 is 0. The van der Waals surface area contributed by atoms with Crippen molar-refractivity contribution in [3.8, 4) is 0 Å². The number of rotatable bonds is 5. The van der Waals surface area contributed by atoms with Crippen molar-refractivity contribution in [1.82, 2.24) is 3.97 Å². The van der Waals surface area contributed by atoms with Gasteiger partial charge in [0.25, 0.3) is 10.0 Å². The normalized spacial score (nSPS) is 12.9. The smallest absolute Gasteiger partial charge is 0.254 e. The second-order valence-corrected chi connectivity index (χ2v) is 9.35. The Hall–Kier alpha value is -2.70. The molecule has 4 nitrogen and oxygen atoms in total. The molecule has 4 rings (SSSR count). The van der Waals surface area contributed by atoms with Crippen molar-refractivity contribution >= 4 is 31.7 Å². The molecule has 0 aliphatic heterocycles. The predicted octanol–water partition coefficient (Wildman–Crippen LogP) is 4.19. The largest absolute Gasteiger partial charge is 0.268 e. The molecule has 0 spiro atoms. The van der Waals surface area contributed by atoms with Crippen LogP contribution in [-0.4, -0.2) is 16.6 Å². The molecule has 0 amide bonds. The Labute approximate surface area is 160 Å². The molecule has 0 N–H and O–H groups in total. The first-order valence-corrected chi connectivity index (χ1v) is 11.2. The third kappa shape index (κ3) is 3.34. The van der Waals surface area contributed by atoms with Gasteiger partial charge in [-0.15, -0.1) is 0 Å². The van der Waals surface area contributed by atoms with Crippen molar-refractivity contribution < 1.29 is 12.6 Å². The molecule has 0 radical (unpaired) electrons. The summed E-state index contributed by atoms with van der Waals surface area (Å²) in [6, 6.07) is 24.8. The van der Waals surface area contributed by atoms with Crippen LogP contribution in [0.1, 0.15) is 5.56 Å². The Balaban J connectivity index is 1.76. The Morgan fingerprint density at radius 1 is 0.778 bits per heavy atom. The van der Waals surface area contributed by atoms with Gasteiger partial charge in [0.15, 0.2) is 0 Å². The van der Waals surface area contributed by atoms with Gasteiger partial charge in [-0.3, -0.25) is 4.21 Å². The molecule has 27 heavy (non-hydrogen) atoms. The molecular formula is C21H17NO3S2. The van der Waals surface area contributed by atoms with E-state index in [1.165, 1.54) is 3.97 Å². The zero-order chi connectivity index (χ0) is 18.9. The topological polar surface area (TPSA) is 56.1 Å². The van der Waals surface area contributed by atoms with Crippen LogP contribution in [0.2, 0.25) is 0 Å². The van der Waals surface area contributed by atoms with Crippen LogP contribution in [-0.2, 0) is 26.6 Å². The van der Waals surface area contributed by atoms with Crippen molar-refractivity contribution in [3.05, 3.63) is 96.7 Å². The van der Waals surface area contributed by atoms with E-state index in [4.69, 9.17) is 0 Å². The first-order valence-electron chi connectivity index (χ1n) is 8.40. The Kier molecular flexibility index (Phi) is 4.68. The average molecular weight is 396 g/mol. The minimum atomic E-state index is -3.68. The van der Waals surface area contributed by atoms with Crippen molar-refractivity contribution in [2.75, 3.05) is 0 Å². The third-order valence-electron chi connectivity index (χ3n) is 4.38. The summed E-state index contributed by atoms with van der Waals surface area (Å²) in [5, 5.41) is 0.793. The predicted molar refractivity (Wildman–Crippen MR) is 108 cm³/mol. The molecule has 1 heterocycles.